The Balaban J connectivity index is 2.25. The SMILES string of the molecule is CCOC(=O)C1CNCCN1C(CC)c1ccccc1F. The third-order valence-electron chi connectivity index (χ3n) is 3.89. The van der Waals surface area contributed by atoms with Crippen LogP contribution in [0.25, 0.3) is 0 Å². The topological polar surface area (TPSA) is 41.6 Å². The largest absolute Gasteiger partial charge is 0.465 e. The van der Waals surface area contributed by atoms with Crippen LogP contribution < -0.4 is 5.32 Å². The van der Waals surface area contributed by atoms with E-state index in [4.69, 9.17) is 4.74 Å². The van der Waals surface area contributed by atoms with Crippen molar-refractivity contribution in [1.29, 1.82) is 0 Å². The molecule has 1 heterocycles. The summed E-state index contributed by atoms with van der Waals surface area (Å²) in [5, 5.41) is 3.21. The van der Waals surface area contributed by atoms with Gasteiger partial charge in [0.2, 0.25) is 0 Å². The molecule has 0 radical (unpaired) electrons. The molecular formula is C16H23FN2O2. The van der Waals surface area contributed by atoms with E-state index in [-0.39, 0.29) is 23.9 Å². The van der Waals surface area contributed by atoms with Crippen LogP contribution in [0.5, 0.6) is 0 Å². The molecule has 4 nitrogen and oxygen atoms in total. The minimum atomic E-state index is -0.358. The van der Waals surface area contributed by atoms with Gasteiger partial charge in [-0.05, 0) is 19.4 Å². The molecule has 116 valence electrons. The van der Waals surface area contributed by atoms with Gasteiger partial charge >= 0.3 is 5.97 Å². The number of piperazine rings is 1. The number of rotatable bonds is 5. The Bertz CT molecular complexity index is 481. The van der Waals surface area contributed by atoms with Crippen LogP contribution in [0.4, 0.5) is 4.39 Å². The van der Waals surface area contributed by atoms with E-state index < -0.39 is 0 Å². The molecule has 1 aromatic carbocycles. The molecule has 1 aliphatic rings. The van der Waals surface area contributed by atoms with Crippen LogP contribution in [0.3, 0.4) is 0 Å². The molecule has 1 fully saturated rings. The Hall–Kier alpha value is -1.46. The monoisotopic (exact) mass is 294 g/mol. The van der Waals surface area contributed by atoms with Crippen molar-refractivity contribution in [2.75, 3.05) is 26.2 Å². The smallest absolute Gasteiger partial charge is 0.324 e. The predicted octanol–water partition coefficient (Wildman–Crippen LogP) is 2.11. The Morgan fingerprint density at radius 2 is 2.24 bits per heavy atom. The van der Waals surface area contributed by atoms with Crippen molar-refractivity contribution in [1.82, 2.24) is 10.2 Å². The minimum absolute atomic E-state index is 0.109. The Kier molecular flexibility index (Phi) is 5.70. The maximum atomic E-state index is 14.1. The first kappa shape index (κ1) is 15.9. The van der Waals surface area contributed by atoms with E-state index in [9.17, 15) is 9.18 Å². The van der Waals surface area contributed by atoms with Gasteiger partial charge < -0.3 is 10.1 Å². The van der Waals surface area contributed by atoms with Crippen LogP contribution in [-0.4, -0.2) is 43.2 Å². The van der Waals surface area contributed by atoms with Crippen LogP contribution in [0.15, 0.2) is 24.3 Å². The molecule has 5 heteroatoms. The van der Waals surface area contributed by atoms with E-state index in [1.807, 2.05) is 13.0 Å². The summed E-state index contributed by atoms with van der Waals surface area (Å²) in [6.45, 7) is 6.22. The lowest BCUT2D eigenvalue weighted by molar-refractivity contribution is -0.151. The van der Waals surface area contributed by atoms with Crippen molar-refractivity contribution >= 4 is 5.97 Å². The van der Waals surface area contributed by atoms with E-state index in [1.165, 1.54) is 6.07 Å². The van der Waals surface area contributed by atoms with E-state index >= 15 is 0 Å². The van der Waals surface area contributed by atoms with Gasteiger partial charge in [-0.3, -0.25) is 9.69 Å². The first-order chi connectivity index (χ1) is 10.2. The van der Waals surface area contributed by atoms with Gasteiger partial charge in [0.1, 0.15) is 11.9 Å². The van der Waals surface area contributed by atoms with Gasteiger partial charge in [-0.2, -0.15) is 0 Å². The zero-order valence-electron chi connectivity index (χ0n) is 12.6. The maximum absolute atomic E-state index is 14.1. The number of nitrogens with one attached hydrogen (secondary N) is 1. The summed E-state index contributed by atoms with van der Waals surface area (Å²) in [6, 6.07) is 6.33. The molecule has 1 aliphatic heterocycles. The second-order valence-electron chi connectivity index (χ2n) is 5.16. The van der Waals surface area contributed by atoms with Gasteiger partial charge in [0.25, 0.3) is 0 Å². The highest BCUT2D eigenvalue weighted by Gasteiger charge is 2.35. The Morgan fingerprint density at radius 3 is 2.90 bits per heavy atom. The molecule has 0 aliphatic carbocycles. The summed E-state index contributed by atoms with van der Waals surface area (Å²) in [5.41, 5.74) is 0.649. The molecular weight excluding hydrogens is 271 g/mol. The number of hydrogen-bond acceptors (Lipinski definition) is 4. The number of ether oxygens (including phenoxy) is 1. The summed E-state index contributed by atoms with van der Waals surface area (Å²) in [4.78, 5) is 14.2. The lowest BCUT2D eigenvalue weighted by atomic mass is 9.99. The van der Waals surface area contributed by atoms with Crippen molar-refractivity contribution in [3.8, 4) is 0 Å². The summed E-state index contributed by atoms with van der Waals surface area (Å²) < 4.78 is 19.3. The van der Waals surface area contributed by atoms with E-state index in [1.54, 1.807) is 19.1 Å². The summed E-state index contributed by atoms with van der Waals surface area (Å²) in [7, 11) is 0. The maximum Gasteiger partial charge on any atom is 0.324 e. The zero-order chi connectivity index (χ0) is 15.2. The third kappa shape index (κ3) is 3.60. The highest BCUT2D eigenvalue weighted by molar-refractivity contribution is 5.76. The molecule has 21 heavy (non-hydrogen) atoms. The van der Waals surface area contributed by atoms with Gasteiger partial charge in [-0.1, -0.05) is 25.1 Å². The zero-order valence-corrected chi connectivity index (χ0v) is 12.6. The van der Waals surface area contributed by atoms with Gasteiger partial charge in [0, 0.05) is 31.2 Å². The fourth-order valence-electron chi connectivity index (χ4n) is 2.93. The highest BCUT2D eigenvalue weighted by Crippen LogP contribution is 2.29. The molecule has 1 N–H and O–H groups in total. The van der Waals surface area contributed by atoms with E-state index in [0.717, 1.165) is 13.0 Å². The normalized spacial score (nSPS) is 21.0. The Morgan fingerprint density at radius 1 is 1.48 bits per heavy atom. The summed E-state index contributed by atoms with van der Waals surface area (Å²) in [6.07, 6.45) is 0.747. The Labute approximate surface area is 125 Å². The van der Waals surface area contributed by atoms with Crippen LogP contribution >= 0.6 is 0 Å². The van der Waals surface area contributed by atoms with Crippen LogP contribution in [0.1, 0.15) is 31.9 Å². The first-order valence-corrected chi connectivity index (χ1v) is 7.56. The molecule has 2 atom stereocenters. The molecule has 0 bridgehead atoms. The van der Waals surface area contributed by atoms with Gasteiger partial charge in [-0.25, -0.2) is 4.39 Å². The average Bonchev–Trinajstić information content (AvgIpc) is 2.50. The van der Waals surface area contributed by atoms with Crippen LogP contribution in [-0.2, 0) is 9.53 Å². The van der Waals surface area contributed by atoms with Crippen molar-refractivity contribution in [2.24, 2.45) is 0 Å². The number of carbonyl (C=O) groups is 1. The van der Waals surface area contributed by atoms with Crippen molar-refractivity contribution in [3.05, 3.63) is 35.6 Å². The lowest BCUT2D eigenvalue weighted by Gasteiger charge is -2.40. The van der Waals surface area contributed by atoms with Gasteiger partial charge in [0.05, 0.1) is 6.61 Å². The van der Waals surface area contributed by atoms with E-state index in [2.05, 4.69) is 10.2 Å². The molecule has 0 saturated carbocycles. The molecule has 1 saturated heterocycles. The summed E-state index contributed by atoms with van der Waals surface area (Å²) >= 11 is 0. The molecule has 2 unspecified atom stereocenters. The first-order valence-electron chi connectivity index (χ1n) is 7.56. The quantitative estimate of drug-likeness (QED) is 0.845. The fraction of sp³-hybridized carbons (Fsp3) is 0.562. The molecule has 0 aromatic heterocycles. The number of hydrogen-bond donors (Lipinski definition) is 1. The summed E-state index contributed by atoms with van der Waals surface area (Å²) in [5.74, 6) is -0.454. The molecule has 2 rings (SSSR count). The number of esters is 1. The second kappa shape index (κ2) is 7.52. The van der Waals surface area contributed by atoms with Gasteiger partial charge in [0.15, 0.2) is 0 Å². The standard InChI is InChI=1S/C16H23FN2O2/c1-3-14(12-7-5-6-8-13(12)17)19-10-9-18-11-15(19)16(20)21-4-2/h5-8,14-15,18H,3-4,9-11H2,1-2H3. The number of nitrogens with zero attached hydrogens (tertiary/aromatic N) is 1. The minimum Gasteiger partial charge on any atom is -0.465 e. The molecule has 1 aromatic rings. The molecule has 0 amide bonds. The van der Waals surface area contributed by atoms with Crippen molar-refractivity contribution in [2.45, 2.75) is 32.4 Å². The third-order valence-corrected chi connectivity index (χ3v) is 3.89. The van der Waals surface area contributed by atoms with Crippen LogP contribution in [0.2, 0.25) is 0 Å². The van der Waals surface area contributed by atoms with Crippen LogP contribution in [0, 0.1) is 5.82 Å². The average molecular weight is 294 g/mol. The fourth-order valence-corrected chi connectivity index (χ4v) is 2.93. The van der Waals surface area contributed by atoms with Crippen molar-refractivity contribution in [3.63, 3.8) is 0 Å². The highest BCUT2D eigenvalue weighted by atomic mass is 19.1. The number of benzene rings is 1. The van der Waals surface area contributed by atoms with Crippen molar-refractivity contribution < 1.29 is 13.9 Å². The second-order valence-corrected chi connectivity index (χ2v) is 5.16. The lowest BCUT2D eigenvalue weighted by Crippen LogP contribution is -2.56. The van der Waals surface area contributed by atoms with E-state index in [0.29, 0.717) is 25.3 Å². The molecule has 0 spiro atoms. The predicted molar refractivity (Wildman–Crippen MR) is 79.4 cm³/mol. The number of carbonyl (C=O) groups excluding carboxylic acids is 1. The number of halogens is 1. The van der Waals surface area contributed by atoms with Gasteiger partial charge in [-0.15, -0.1) is 0 Å².